The molecule has 0 spiro atoms. The van der Waals surface area contributed by atoms with Crippen LogP contribution in [0.3, 0.4) is 0 Å². The summed E-state index contributed by atoms with van der Waals surface area (Å²) in [5.74, 6) is 1.35. The number of fused-ring (bicyclic) bond motifs is 1. The zero-order valence-electron chi connectivity index (χ0n) is 18.9. The summed E-state index contributed by atoms with van der Waals surface area (Å²) in [5.41, 5.74) is 2.96. The van der Waals surface area contributed by atoms with Gasteiger partial charge in [0.05, 0.1) is 12.7 Å². The Morgan fingerprint density at radius 3 is 2.61 bits per heavy atom. The third kappa shape index (κ3) is 4.64. The van der Waals surface area contributed by atoms with Crippen molar-refractivity contribution in [2.24, 2.45) is 10.9 Å². The highest BCUT2D eigenvalue weighted by atomic mass is 16.2. The normalized spacial score (nSPS) is 18.6. The summed E-state index contributed by atoms with van der Waals surface area (Å²) in [6.07, 6.45) is 9.01. The van der Waals surface area contributed by atoms with Crippen LogP contribution in [0, 0.1) is 5.92 Å². The highest BCUT2D eigenvalue weighted by molar-refractivity contribution is 5.79. The number of amides is 1. The number of pyridine rings is 1. The maximum Gasteiger partial charge on any atom is 0.225 e. The first-order valence-electron chi connectivity index (χ1n) is 11.7. The lowest BCUT2D eigenvalue weighted by molar-refractivity contribution is -0.138. The number of likely N-dealkylation sites (tertiary alicyclic amines) is 2. The van der Waals surface area contributed by atoms with Crippen molar-refractivity contribution in [2.45, 2.75) is 44.8 Å². The Kier molecular flexibility index (Phi) is 6.39. The summed E-state index contributed by atoms with van der Waals surface area (Å²) in [7, 11) is 0. The van der Waals surface area contributed by atoms with E-state index in [1.807, 2.05) is 30.6 Å². The number of hydrogen-bond donors (Lipinski definition) is 0. The van der Waals surface area contributed by atoms with Crippen molar-refractivity contribution >= 4 is 23.8 Å². The molecule has 9 heteroatoms. The Labute approximate surface area is 193 Å². The van der Waals surface area contributed by atoms with Crippen molar-refractivity contribution < 1.29 is 4.79 Å². The highest BCUT2D eigenvalue weighted by Crippen LogP contribution is 2.30. The van der Waals surface area contributed by atoms with Crippen LogP contribution in [-0.4, -0.2) is 73.3 Å². The Hall–Kier alpha value is -3.20. The molecule has 0 atom stereocenters. The molecular weight excluding hydrogens is 416 g/mol. The number of carbonyl (C=O) groups excluding carboxylic acids is 1. The van der Waals surface area contributed by atoms with Crippen LogP contribution >= 0.6 is 0 Å². The van der Waals surface area contributed by atoms with Crippen LogP contribution in [0.2, 0.25) is 0 Å². The molecule has 1 amide bonds. The fourth-order valence-electron chi connectivity index (χ4n) is 5.18. The second-order valence-corrected chi connectivity index (χ2v) is 8.98. The molecule has 172 valence electrons. The Morgan fingerprint density at radius 2 is 1.88 bits per heavy atom. The molecule has 0 N–H and O–H groups in total. The van der Waals surface area contributed by atoms with Crippen molar-refractivity contribution in [3.05, 3.63) is 48.2 Å². The first-order chi connectivity index (χ1) is 16.2. The maximum atomic E-state index is 13.2. The second kappa shape index (κ2) is 9.74. The summed E-state index contributed by atoms with van der Waals surface area (Å²) in [6, 6.07) is 6.18. The zero-order valence-corrected chi connectivity index (χ0v) is 18.9. The van der Waals surface area contributed by atoms with E-state index in [0.29, 0.717) is 12.5 Å². The van der Waals surface area contributed by atoms with E-state index in [1.54, 1.807) is 6.20 Å². The average Bonchev–Trinajstić information content (AvgIpc) is 3.23. The van der Waals surface area contributed by atoms with Gasteiger partial charge in [0, 0.05) is 44.0 Å². The van der Waals surface area contributed by atoms with Crippen LogP contribution in [0.4, 0.5) is 0 Å². The van der Waals surface area contributed by atoms with Gasteiger partial charge in [0.2, 0.25) is 5.91 Å². The number of piperidine rings is 2. The van der Waals surface area contributed by atoms with Gasteiger partial charge in [0.1, 0.15) is 11.3 Å². The summed E-state index contributed by atoms with van der Waals surface area (Å²) in [5, 5.41) is 7.80. The van der Waals surface area contributed by atoms with Gasteiger partial charge >= 0.3 is 0 Å². The lowest BCUT2D eigenvalue weighted by Gasteiger charge is -2.37. The van der Waals surface area contributed by atoms with Crippen LogP contribution < -0.4 is 0 Å². The molecule has 0 aromatic carbocycles. The minimum Gasteiger partial charge on any atom is -0.342 e. The molecule has 9 nitrogen and oxygen atoms in total. The number of carbonyl (C=O) groups is 1. The van der Waals surface area contributed by atoms with Crippen molar-refractivity contribution in [3.8, 4) is 0 Å². The number of rotatable bonds is 6. The lowest BCUT2D eigenvalue weighted by atomic mass is 9.93. The van der Waals surface area contributed by atoms with Gasteiger partial charge in [-0.25, -0.2) is 9.97 Å². The number of nitrogens with zero attached hydrogens (tertiary/aromatic N) is 8. The van der Waals surface area contributed by atoms with Gasteiger partial charge in [-0.2, -0.15) is 10.2 Å². The SMILES string of the molecule is C=NCc1nc2cccnc2n1C1CCN(C(=O)C2CCN(Cc3ccnnc3)CC2)CC1. The van der Waals surface area contributed by atoms with E-state index in [2.05, 4.69) is 41.3 Å². The van der Waals surface area contributed by atoms with Gasteiger partial charge in [0.15, 0.2) is 5.65 Å². The van der Waals surface area contributed by atoms with Crippen LogP contribution in [-0.2, 0) is 17.9 Å². The smallest absolute Gasteiger partial charge is 0.225 e. The summed E-state index contributed by atoms with van der Waals surface area (Å²) in [6.45, 7) is 8.43. The molecule has 2 saturated heterocycles. The molecule has 33 heavy (non-hydrogen) atoms. The minimum absolute atomic E-state index is 0.129. The summed E-state index contributed by atoms with van der Waals surface area (Å²) < 4.78 is 2.22. The van der Waals surface area contributed by atoms with E-state index in [-0.39, 0.29) is 12.0 Å². The number of imidazole rings is 1. The van der Waals surface area contributed by atoms with E-state index in [9.17, 15) is 4.79 Å². The van der Waals surface area contributed by atoms with Crippen molar-refractivity contribution in [3.63, 3.8) is 0 Å². The largest absolute Gasteiger partial charge is 0.342 e. The van der Waals surface area contributed by atoms with Crippen molar-refractivity contribution in [1.29, 1.82) is 0 Å². The van der Waals surface area contributed by atoms with Crippen molar-refractivity contribution in [1.82, 2.24) is 34.5 Å². The maximum absolute atomic E-state index is 13.2. The summed E-state index contributed by atoms with van der Waals surface area (Å²) >= 11 is 0. The summed E-state index contributed by atoms with van der Waals surface area (Å²) in [4.78, 5) is 31.0. The second-order valence-electron chi connectivity index (χ2n) is 8.98. The number of aliphatic imine (C=N–C) groups is 1. The first kappa shape index (κ1) is 21.6. The van der Waals surface area contributed by atoms with Crippen molar-refractivity contribution in [2.75, 3.05) is 26.2 Å². The Morgan fingerprint density at radius 1 is 1.06 bits per heavy atom. The molecule has 0 unspecified atom stereocenters. The van der Waals surface area contributed by atoms with Crippen LogP contribution in [0.5, 0.6) is 0 Å². The van der Waals surface area contributed by atoms with Gasteiger partial charge in [-0.15, -0.1) is 0 Å². The third-order valence-electron chi connectivity index (χ3n) is 6.90. The van der Waals surface area contributed by atoms with E-state index in [4.69, 9.17) is 4.98 Å². The average molecular weight is 447 g/mol. The van der Waals surface area contributed by atoms with E-state index in [1.165, 1.54) is 5.56 Å². The molecule has 5 rings (SSSR count). The number of aromatic nitrogens is 5. The zero-order chi connectivity index (χ0) is 22.6. The third-order valence-corrected chi connectivity index (χ3v) is 6.90. The van der Waals surface area contributed by atoms with Gasteiger partial charge in [0.25, 0.3) is 0 Å². The molecular formula is C24H30N8O. The fraction of sp³-hybridized carbons (Fsp3) is 0.500. The predicted octanol–water partition coefficient (Wildman–Crippen LogP) is 2.50. The quantitative estimate of drug-likeness (QED) is 0.540. The minimum atomic E-state index is 0.129. The van der Waals surface area contributed by atoms with Crippen LogP contribution in [0.25, 0.3) is 11.2 Å². The van der Waals surface area contributed by atoms with Gasteiger partial charge in [-0.1, -0.05) is 0 Å². The Balaban J connectivity index is 1.17. The van der Waals surface area contributed by atoms with Gasteiger partial charge < -0.3 is 9.47 Å². The Bertz CT molecular complexity index is 1100. The standard InChI is InChI=1S/C24H30N8O/c1-25-16-22-29-21-3-2-9-26-23(21)32(22)20-7-13-31(14-8-20)24(33)19-5-11-30(12-6-19)17-18-4-10-27-28-15-18/h2-4,9-10,15,19-20H,1,5-8,11-14,16-17H2. The lowest BCUT2D eigenvalue weighted by Crippen LogP contribution is -2.45. The predicted molar refractivity (Wildman–Crippen MR) is 126 cm³/mol. The topological polar surface area (TPSA) is 92.4 Å². The molecule has 2 fully saturated rings. The molecule has 0 bridgehead atoms. The van der Waals surface area contributed by atoms with Crippen LogP contribution in [0.1, 0.15) is 43.1 Å². The molecule has 0 aliphatic carbocycles. The van der Waals surface area contributed by atoms with Gasteiger partial charge in [-0.05, 0) is 69.3 Å². The van der Waals surface area contributed by atoms with Crippen LogP contribution in [0.15, 0.2) is 41.8 Å². The highest BCUT2D eigenvalue weighted by Gasteiger charge is 2.32. The monoisotopic (exact) mass is 446 g/mol. The first-order valence-corrected chi connectivity index (χ1v) is 11.7. The fourth-order valence-corrected chi connectivity index (χ4v) is 5.18. The number of hydrogen-bond acceptors (Lipinski definition) is 7. The molecule has 3 aromatic heterocycles. The molecule has 2 aliphatic heterocycles. The molecule has 0 saturated carbocycles. The van der Waals surface area contributed by atoms with Gasteiger partial charge in [-0.3, -0.25) is 14.7 Å². The molecule has 5 heterocycles. The molecule has 0 radical (unpaired) electrons. The molecule has 2 aliphatic rings. The van der Waals surface area contributed by atoms with E-state index >= 15 is 0 Å². The van der Waals surface area contributed by atoms with E-state index < -0.39 is 0 Å². The molecule has 3 aromatic rings. The van der Waals surface area contributed by atoms with E-state index in [0.717, 1.165) is 75.4 Å².